The Bertz CT molecular complexity index is 853. The van der Waals surface area contributed by atoms with Crippen LogP contribution in [0.4, 0.5) is 18.9 Å². The summed E-state index contributed by atoms with van der Waals surface area (Å²) < 4.78 is 53.7. The Balaban J connectivity index is 1.52. The van der Waals surface area contributed by atoms with Crippen LogP contribution in [0.3, 0.4) is 0 Å². The maximum absolute atomic E-state index is 12.7. The van der Waals surface area contributed by atoms with E-state index in [4.69, 9.17) is 14.2 Å². The average molecular weight is 381 g/mol. The molecule has 0 saturated heterocycles. The fourth-order valence-electron chi connectivity index (χ4n) is 2.34. The number of esters is 1. The van der Waals surface area contributed by atoms with Crippen molar-refractivity contribution in [1.82, 2.24) is 0 Å². The van der Waals surface area contributed by atoms with Gasteiger partial charge in [-0.1, -0.05) is 18.2 Å². The lowest BCUT2D eigenvalue weighted by Crippen LogP contribution is -2.39. The number of anilines is 1. The number of rotatable bonds is 4. The molecule has 0 spiro atoms. The highest BCUT2D eigenvalue weighted by Crippen LogP contribution is 2.31. The van der Waals surface area contributed by atoms with Crippen molar-refractivity contribution in [2.24, 2.45) is 0 Å². The molecule has 0 saturated carbocycles. The van der Waals surface area contributed by atoms with E-state index in [1.54, 1.807) is 24.3 Å². The van der Waals surface area contributed by atoms with Gasteiger partial charge in [0.2, 0.25) is 6.10 Å². The fraction of sp³-hybridized carbons (Fsp3) is 0.222. The zero-order chi connectivity index (χ0) is 19.4. The molecule has 1 aliphatic rings. The molecule has 2 aromatic carbocycles. The number of fused-ring (bicyclic) bond motifs is 1. The summed E-state index contributed by atoms with van der Waals surface area (Å²) in [5, 5.41) is 2.24. The van der Waals surface area contributed by atoms with Crippen molar-refractivity contribution in [3.63, 3.8) is 0 Å². The topological polar surface area (TPSA) is 73.9 Å². The molecule has 1 heterocycles. The van der Waals surface area contributed by atoms with Crippen LogP contribution in [-0.2, 0) is 20.5 Å². The second-order valence-electron chi connectivity index (χ2n) is 5.60. The first-order valence-electron chi connectivity index (χ1n) is 7.85. The average Bonchev–Trinajstić information content (AvgIpc) is 2.65. The molecule has 0 bridgehead atoms. The monoisotopic (exact) mass is 381 g/mol. The zero-order valence-corrected chi connectivity index (χ0v) is 13.8. The number of alkyl halides is 3. The molecule has 1 unspecified atom stereocenters. The minimum absolute atomic E-state index is 0.0583. The Labute approximate surface area is 151 Å². The van der Waals surface area contributed by atoms with Crippen molar-refractivity contribution in [3.05, 3.63) is 54.1 Å². The van der Waals surface area contributed by atoms with Crippen LogP contribution in [0, 0.1) is 0 Å². The molecule has 2 aromatic rings. The normalized spacial score (nSPS) is 15.7. The number of ether oxygens (including phenoxy) is 3. The molecule has 1 aliphatic heterocycles. The second kappa shape index (κ2) is 7.56. The van der Waals surface area contributed by atoms with Gasteiger partial charge in [0.15, 0.2) is 18.1 Å². The summed E-state index contributed by atoms with van der Waals surface area (Å²) in [6, 6.07) is 10.9. The molecule has 0 radical (unpaired) electrons. The largest absolute Gasteiger partial charge is 0.485 e. The maximum atomic E-state index is 12.7. The lowest BCUT2D eigenvalue weighted by molar-refractivity contribution is -0.156. The molecule has 3 rings (SSSR count). The summed E-state index contributed by atoms with van der Waals surface area (Å²) in [6.45, 7) is -0.748. The third kappa shape index (κ3) is 4.69. The van der Waals surface area contributed by atoms with Crippen LogP contribution in [0.15, 0.2) is 48.5 Å². The Morgan fingerprint density at radius 2 is 1.85 bits per heavy atom. The number of hydrogen-bond acceptors (Lipinski definition) is 5. The molecule has 1 N–H and O–H groups in total. The van der Waals surface area contributed by atoms with Gasteiger partial charge in [-0.05, 0) is 30.3 Å². The summed E-state index contributed by atoms with van der Waals surface area (Å²) in [5.41, 5.74) is -0.958. The van der Waals surface area contributed by atoms with E-state index in [1.165, 1.54) is 6.07 Å². The van der Waals surface area contributed by atoms with E-state index in [2.05, 4.69) is 5.32 Å². The second-order valence-corrected chi connectivity index (χ2v) is 5.60. The molecule has 0 aliphatic carbocycles. The first kappa shape index (κ1) is 18.6. The van der Waals surface area contributed by atoms with Crippen LogP contribution < -0.4 is 14.8 Å². The first-order valence-corrected chi connectivity index (χ1v) is 7.85. The highest BCUT2D eigenvalue weighted by Gasteiger charge is 2.31. The van der Waals surface area contributed by atoms with Crippen LogP contribution in [0.1, 0.15) is 5.56 Å². The maximum Gasteiger partial charge on any atom is 0.416 e. The number of amides is 1. The predicted molar refractivity (Wildman–Crippen MR) is 87.4 cm³/mol. The summed E-state index contributed by atoms with van der Waals surface area (Å²) >= 11 is 0. The molecule has 9 heteroatoms. The Kier molecular flexibility index (Phi) is 5.20. The third-order valence-electron chi connectivity index (χ3n) is 3.59. The molecule has 6 nitrogen and oxygen atoms in total. The van der Waals surface area contributed by atoms with Crippen molar-refractivity contribution in [3.8, 4) is 11.5 Å². The summed E-state index contributed by atoms with van der Waals surface area (Å²) in [6.07, 6.45) is -5.57. The minimum atomic E-state index is -4.53. The molecular formula is C18H14F3NO5. The highest BCUT2D eigenvalue weighted by atomic mass is 19.4. The SMILES string of the molecule is O=C(COC(=O)C1COc2ccccc2O1)Nc1cccc(C(F)(F)F)c1. The summed E-state index contributed by atoms with van der Waals surface area (Å²) in [7, 11) is 0. The quantitative estimate of drug-likeness (QED) is 0.825. The fourth-order valence-corrected chi connectivity index (χ4v) is 2.34. The third-order valence-corrected chi connectivity index (χ3v) is 3.59. The van der Waals surface area contributed by atoms with Crippen molar-refractivity contribution in [2.75, 3.05) is 18.5 Å². The number of hydrogen-bond donors (Lipinski definition) is 1. The standard InChI is InChI=1S/C18H14F3NO5/c19-18(20,21)11-4-3-5-12(8-11)22-16(23)10-26-17(24)15-9-25-13-6-1-2-7-14(13)27-15/h1-8,15H,9-10H2,(H,22,23). The van der Waals surface area contributed by atoms with Crippen molar-refractivity contribution < 1.29 is 37.0 Å². The van der Waals surface area contributed by atoms with Crippen LogP contribution in [0.2, 0.25) is 0 Å². The molecule has 0 fully saturated rings. The number of para-hydroxylation sites is 2. The number of carbonyl (C=O) groups is 2. The molecule has 142 valence electrons. The first-order chi connectivity index (χ1) is 12.8. The number of nitrogens with one attached hydrogen (secondary N) is 1. The minimum Gasteiger partial charge on any atom is -0.485 e. The highest BCUT2D eigenvalue weighted by molar-refractivity contribution is 5.93. The lowest BCUT2D eigenvalue weighted by Gasteiger charge is -2.24. The smallest absolute Gasteiger partial charge is 0.416 e. The van der Waals surface area contributed by atoms with Crippen molar-refractivity contribution >= 4 is 17.6 Å². The number of carbonyl (C=O) groups excluding carboxylic acids is 2. The predicted octanol–water partition coefficient (Wildman–Crippen LogP) is 3.03. The summed E-state index contributed by atoms with van der Waals surface area (Å²) in [5.74, 6) is -0.730. The molecule has 1 atom stereocenters. The van der Waals surface area contributed by atoms with E-state index in [0.29, 0.717) is 11.5 Å². The van der Waals surface area contributed by atoms with Crippen molar-refractivity contribution in [1.29, 1.82) is 0 Å². The summed E-state index contributed by atoms with van der Waals surface area (Å²) in [4.78, 5) is 23.8. The van der Waals surface area contributed by atoms with E-state index >= 15 is 0 Å². The number of halogens is 3. The van der Waals surface area contributed by atoms with E-state index < -0.39 is 36.3 Å². The molecule has 1 amide bonds. The van der Waals surface area contributed by atoms with Gasteiger partial charge in [-0.15, -0.1) is 0 Å². The van der Waals surface area contributed by atoms with Crippen LogP contribution in [0.5, 0.6) is 11.5 Å². The van der Waals surface area contributed by atoms with E-state index in [9.17, 15) is 22.8 Å². The Morgan fingerprint density at radius 1 is 1.11 bits per heavy atom. The Hall–Kier alpha value is -3.23. The number of benzene rings is 2. The van der Waals surface area contributed by atoms with Gasteiger partial charge in [0.25, 0.3) is 5.91 Å². The van der Waals surface area contributed by atoms with Gasteiger partial charge in [0.1, 0.15) is 6.61 Å². The van der Waals surface area contributed by atoms with Gasteiger partial charge in [-0.25, -0.2) is 4.79 Å². The van der Waals surface area contributed by atoms with Crippen LogP contribution in [0.25, 0.3) is 0 Å². The molecule has 0 aromatic heterocycles. The lowest BCUT2D eigenvalue weighted by atomic mass is 10.2. The van der Waals surface area contributed by atoms with Gasteiger partial charge >= 0.3 is 12.1 Å². The van der Waals surface area contributed by atoms with Gasteiger partial charge < -0.3 is 19.5 Å². The van der Waals surface area contributed by atoms with Crippen LogP contribution in [-0.4, -0.2) is 31.2 Å². The van der Waals surface area contributed by atoms with Crippen molar-refractivity contribution in [2.45, 2.75) is 12.3 Å². The zero-order valence-electron chi connectivity index (χ0n) is 13.8. The molecular weight excluding hydrogens is 367 g/mol. The molecule has 27 heavy (non-hydrogen) atoms. The van der Waals surface area contributed by atoms with Gasteiger partial charge in [-0.2, -0.15) is 13.2 Å². The van der Waals surface area contributed by atoms with E-state index in [1.807, 2.05) is 0 Å². The van der Waals surface area contributed by atoms with Gasteiger partial charge in [0.05, 0.1) is 5.56 Å². The van der Waals surface area contributed by atoms with Gasteiger partial charge in [-0.3, -0.25) is 4.79 Å². The van der Waals surface area contributed by atoms with E-state index in [-0.39, 0.29) is 12.3 Å². The van der Waals surface area contributed by atoms with Crippen LogP contribution >= 0.6 is 0 Å². The van der Waals surface area contributed by atoms with Gasteiger partial charge in [0, 0.05) is 5.69 Å². The Morgan fingerprint density at radius 3 is 2.59 bits per heavy atom. The van der Waals surface area contributed by atoms with E-state index in [0.717, 1.165) is 18.2 Å².